The zero-order chi connectivity index (χ0) is 16.6. The number of benzene rings is 2. The maximum absolute atomic E-state index is 3.66. The van der Waals surface area contributed by atoms with E-state index in [0.717, 1.165) is 6.42 Å². The monoisotopic (exact) mass is 321 g/mol. The first-order valence-electron chi connectivity index (χ1n) is 9.72. The van der Waals surface area contributed by atoms with Crippen molar-refractivity contribution >= 4 is 0 Å². The molecule has 2 aromatic carbocycles. The third kappa shape index (κ3) is 5.21. The molecular formula is C23H31N. The first-order chi connectivity index (χ1) is 11.8. The second-order valence-electron chi connectivity index (χ2n) is 7.19. The van der Waals surface area contributed by atoms with E-state index in [4.69, 9.17) is 0 Å². The summed E-state index contributed by atoms with van der Waals surface area (Å²) in [5.74, 6) is 0. The van der Waals surface area contributed by atoms with E-state index >= 15 is 0 Å². The average molecular weight is 322 g/mol. The molecule has 1 atom stereocenters. The van der Waals surface area contributed by atoms with Gasteiger partial charge in [0.2, 0.25) is 0 Å². The summed E-state index contributed by atoms with van der Waals surface area (Å²) in [6.07, 6.45) is 9.97. The van der Waals surface area contributed by atoms with E-state index in [1.807, 2.05) is 0 Å². The standard InChI is InChI=1S/C23H31N/c1-2-19-12-14-20(15-13-19)7-5-8-21-9-6-10-22(17-21)18-23-11-3-4-16-24-23/h6,9-10,12-15,17,23-24H,2-5,7-8,11,16,18H2,1H3/t23-/m1/s1. The van der Waals surface area contributed by atoms with E-state index in [2.05, 4.69) is 60.8 Å². The van der Waals surface area contributed by atoms with E-state index in [0.29, 0.717) is 6.04 Å². The van der Waals surface area contributed by atoms with Gasteiger partial charge in [-0.2, -0.15) is 0 Å². The molecule has 2 aromatic rings. The quantitative estimate of drug-likeness (QED) is 0.747. The molecule has 0 aromatic heterocycles. The van der Waals surface area contributed by atoms with Crippen molar-refractivity contribution in [3.63, 3.8) is 0 Å². The van der Waals surface area contributed by atoms with Crippen molar-refractivity contribution in [2.45, 2.75) is 64.3 Å². The molecule has 0 spiro atoms. The first kappa shape index (κ1) is 17.2. The zero-order valence-corrected chi connectivity index (χ0v) is 15.1. The van der Waals surface area contributed by atoms with Gasteiger partial charge >= 0.3 is 0 Å². The van der Waals surface area contributed by atoms with Crippen LogP contribution in [0.5, 0.6) is 0 Å². The molecule has 1 N–H and O–H groups in total. The topological polar surface area (TPSA) is 12.0 Å². The number of rotatable bonds is 7. The molecule has 0 unspecified atom stereocenters. The molecule has 0 amide bonds. The summed E-state index contributed by atoms with van der Waals surface area (Å²) in [5.41, 5.74) is 5.89. The maximum atomic E-state index is 3.66. The van der Waals surface area contributed by atoms with Gasteiger partial charge in [0.15, 0.2) is 0 Å². The van der Waals surface area contributed by atoms with Gasteiger partial charge in [0, 0.05) is 6.04 Å². The summed E-state index contributed by atoms with van der Waals surface area (Å²) in [6.45, 7) is 3.41. The van der Waals surface area contributed by atoms with Crippen LogP contribution in [0.4, 0.5) is 0 Å². The summed E-state index contributed by atoms with van der Waals surface area (Å²) in [5, 5.41) is 3.66. The van der Waals surface area contributed by atoms with E-state index in [9.17, 15) is 0 Å². The average Bonchev–Trinajstić information content (AvgIpc) is 2.63. The van der Waals surface area contributed by atoms with Gasteiger partial charge in [-0.15, -0.1) is 0 Å². The molecule has 1 aliphatic rings. The normalized spacial score (nSPS) is 17.8. The Balaban J connectivity index is 1.48. The lowest BCUT2D eigenvalue weighted by atomic mass is 9.95. The van der Waals surface area contributed by atoms with Gasteiger partial charge in [0.1, 0.15) is 0 Å². The Morgan fingerprint density at radius 1 is 0.875 bits per heavy atom. The second-order valence-corrected chi connectivity index (χ2v) is 7.19. The number of aryl methyl sites for hydroxylation is 3. The molecule has 1 heteroatoms. The highest BCUT2D eigenvalue weighted by Crippen LogP contribution is 2.16. The highest BCUT2D eigenvalue weighted by atomic mass is 14.9. The minimum absolute atomic E-state index is 0.686. The van der Waals surface area contributed by atoms with Crippen LogP contribution in [-0.4, -0.2) is 12.6 Å². The van der Waals surface area contributed by atoms with Crippen LogP contribution in [0, 0.1) is 0 Å². The predicted molar refractivity (Wildman–Crippen MR) is 104 cm³/mol. The molecule has 0 bridgehead atoms. The molecular weight excluding hydrogens is 290 g/mol. The minimum Gasteiger partial charge on any atom is -0.314 e. The van der Waals surface area contributed by atoms with Crippen LogP contribution in [0.3, 0.4) is 0 Å². The van der Waals surface area contributed by atoms with Crippen LogP contribution >= 0.6 is 0 Å². The van der Waals surface area contributed by atoms with Crippen molar-refractivity contribution in [1.29, 1.82) is 0 Å². The number of piperidine rings is 1. The lowest BCUT2D eigenvalue weighted by Crippen LogP contribution is -2.35. The molecule has 128 valence electrons. The SMILES string of the molecule is CCc1ccc(CCCc2cccc(C[C@H]3CCCCN3)c2)cc1. The summed E-state index contributed by atoms with van der Waals surface area (Å²) < 4.78 is 0. The van der Waals surface area contributed by atoms with Gasteiger partial charge in [-0.05, 0) is 73.7 Å². The van der Waals surface area contributed by atoms with Gasteiger partial charge in [0.25, 0.3) is 0 Å². The van der Waals surface area contributed by atoms with E-state index in [-0.39, 0.29) is 0 Å². The fraction of sp³-hybridized carbons (Fsp3) is 0.478. The van der Waals surface area contributed by atoms with Gasteiger partial charge in [-0.3, -0.25) is 0 Å². The Morgan fingerprint density at radius 2 is 1.62 bits per heavy atom. The summed E-state index contributed by atoms with van der Waals surface area (Å²) in [4.78, 5) is 0. The third-order valence-electron chi connectivity index (χ3n) is 5.25. The van der Waals surface area contributed by atoms with Crippen molar-refractivity contribution in [2.75, 3.05) is 6.54 Å². The van der Waals surface area contributed by atoms with E-state index in [1.165, 1.54) is 73.7 Å². The molecule has 1 heterocycles. The molecule has 1 saturated heterocycles. The molecule has 1 nitrogen and oxygen atoms in total. The Kier molecular flexibility index (Phi) is 6.48. The summed E-state index contributed by atoms with van der Waals surface area (Å²) >= 11 is 0. The smallest absolute Gasteiger partial charge is 0.0107 e. The molecule has 0 radical (unpaired) electrons. The van der Waals surface area contributed by atoms with Crippen LogP contribution in [0.25, 0.3) is 0 Å². The fourth-order valence-electron chi connectivity index (χ4n) is 3.73. The predicted octanol–water partition coefficient (Wildman–Crippen LogP) is 5.11. The largest absolute Gasteiger partial charge is 0.314 e. The molecule has 3 rings (SSSR count). The van der Waals surface area contributed by atoms with Crippen LogP contribution in [0.2, 0.25) is 0 Å². The molecule has 24 heavy (non-hydrogen) atoms. The van der Waals surface area contributed by atoms with Gasteiger partial charge < -0.3 is 5.32 Å². The lowest BCUT2D eigenvalue weighted by molar-refractivity contribution is 0.399. The molecule has 0 saturated carbocycles. The summed E-state index contributed by atoms with van der Waals surface area (Å²) in [6, 6.07) is 19.1. The van der Waals surface area contributed by atoms with Crippen LogP contribution < -0.4 is 5.32 Å². The minimum atomic E-state index is 0.686. The third-order valence-corrected chi connectivity index (χ3v) is 5.25. The fourth-order valence-corrected chi connectivity index (χ4v) is 3.73. The Labute approximate surface area is 147 Å². The van der Waals surface area contributed by atoms with Crippen LogP contribution in [0.1, 0.15) is 54.9 Å². The van der Waals surface area contributed by atoms with E-state index < -0.39 is 0 Å². The number of hydrogen-bond donors (Lipinski definition) is 1. The van der Waals surface area contributed by atoms with Crippen LogP contribution in [0.15, 0.2) is 48.5 Å². The molecule has 0 aliphatic carbocycles. The Bertz CT molecular complexity index is 608. The van der Waals surface area contributed by atoms with Gasteiger partial charge in [0.05, 0.1) is 0 Å². The highest BCUT2D eigenvalue weighted by molar-refractivity contribution is 5.25. The Hall–Kier alpha value is -1.60. The maximum Gasteiger partial charge on any atom is 0.0107 e. The zero-order valence-electron chi connectivity index (χ0n) is 15.1. The van der Waals surface area contributed by atoms with Crippen molar-refractivity contribution in [2.24, 2.45) is 0 Å². The van der Waals surface area contributed by atoms with Crippen LogP contribution in [-0.2, 0) is 25.7 Å². The van der Waals surface area contributed by atoms with Crippen molar-refractivity contribution < 1.29 is 0 Å². The van der Waals surface area contributed by atoms with Gasteiger partial charge in [-0.1, -0.05) is 61.9 Å². The summed E-state index contributed by atoms with van der Waals surface area (Å²) in [7, 11) is 0. The van der Waals surface area contributed by atoms with Crippen molar-refractivity contribution in [1.82, 2.24) is 5.32 Å². The van der Waals surface area contributed by atoms with Crippen molar-refractivity contribution in [3.8, 4) is 0 Å². The van der Waals surface area contributed by atoms with Gasteiger partial charge in [-0.25, -0.2) is 0 Å². The number of hydrogen-bond acceptors (Lipinski definition) is 1. The molecule has 1 fully saturated rings. The number of nitrogens with one attached hydrogen (secondary N) is 1. The first-order valence-corrected chi connectivity index (χ1v) is 9.72. The van der Waals surface area contributed by atoms with E-state index in [1.54, 1.807) is 0 Å². The molecule has 1 aliphatic heterocycles. The van der Waals surface area contributed by atoms with Crippen molar-refractivity contribution in [3.05, 3.63) is 70.8 Å². The highest BCUT2D eigenvalue weighted by Gasteiger charge is 2.12. The Morgan fingerprint density at radius 3 is 2.38 bits per heavy atom. The second kappa shape index (κ2) is 9.03. The lowest BCUT2D eigenvalue weighted by Gasteiger charge is -2.23.